The lowest BCUT2D eigenvalue weighted by molar-refractivity contribution is 0.0498. The van der Waals surface area contributed by atoms with Gasteiger partial charge in [0, 0.05) is 6.07 Å². The molecule has 0 saturated heterocycles. The van der Waals surface area contributed by atoms with Crippen molar-refractivity contribution in [2.24, 2.45) is 0 Å². The molecule has 0 spiro atoms. The zero-order valence-electron chi connectivity index (χ0n) is 16.2. The van der Waals surface area contributed by atoms with Gasteiger partial charge in [-0.2, -0.15) is 0 Å². The van der Waals surface area contributed by atoms with E-state index in [4.69, 9.17) is 9.47 Å². The number of rotatable bonds is 9. The highest BCUT2D eigenvalue weighted by Gasteiger charge is 2.19. The molecule has 0 unspecified atom stereocenters. The highest BCUT2D eigenvalue weighted by Crippen LogP contribution is 2.43. The van der Waals surface area contributed by atoms with Crippen molar-refractivity contribution >= 4 is 16.7 Å². The van der Waals surface area contributed by atoms with Crippen LogP contribution in [0.1, 0.15) is 55.8 Å². The van der Waals surface area contributed by atoms with Gasteiger partial charge in [-0.1, -0.05) is 39.0 Å². The summed E-state index contributed by atoms with van der Waals surface area (Å²) < 4.78 is 10.2. The first-order valence-corrected chi connectivity index (χ1v) is 9.37. The van der Waals surface area contributed by atoms with Gasteiger partial charge in [-0.3, -0.25) is 4.79 Å². The molecule has 0 aliphatic heterocycles. The average molecular weight is 390 g/mol. The van der Waals surface area contributed by atoms with Crippen molar-refractivity contribution in [3.63, 3.8) is 0 Å². The fraction of sp³-hybridized carbons (Fsp3) is 0.429. The molecular formula is C21H26O7. The first kappa shape index (κ1) is 21.3. The van der Waals surface area contributed by atoms with E-state index in [1.165, 1.54) is 25.7 Å². The minimum absolute atomic E-state index is 0.0607. The molecule has 28 heavy (non-hydrogen) atoms. The van der Waals surface area contributed by atoms with Crippen molar-refractivity contribution in [1.29, 1.82) is 0 Å². The number of fused-ring (bicyclic) bond motifs is 1. The molecule has 2 aromatic rings. The third kappa shape index (κ3) is 4.85. The second-order valence-corrected chi connectivity index (χ2v) is 6.60. The number of ether oxygens (including phenoxy) is 2. The van der Waals surface area contributed by atoms with Gasteiger partial charge in [0.05, 0.1) is 24.7 Å². The van der Waals surface area contributed by atoms with E-state index in [1.807, 2.05) is 0 Å². The highest BCUT2D eigenvalue weighted by atomic mass is 16.5. The first-order valence-electron chi connectivity index (χ1n) is 9.37. The molecule has 0 atom stereocenters. The summed E-state index contributed by atoms with van der Waals surface area (Å²) in [4.78, 5) is 24.5. The summed E-state index contributed by atoms with van der Waals surface area (Å²) in [6, 6.07) is 3.57. The summed E-state index contributed by atoms with van der Waals surface area (Å²) in [7, 11) is 1.29. The second-order valence-electron chi connectivity index (χ2n) is 6.60. The van der Waals surface area contributed by atoms with Crippen molar-refractivity contribution in [2.45, 2.75) is 45.4 Å². The van der Waals surface area contributed by atoms with Crippen molar-refractivity contribution in [1.82, 2.24) is 0 Å². The molecule has 0 saturated carbocycles. The number of carbonyl (C=O) groups is 1. The number of hydrogen-bond donors (Lipinski definition) is 3. The average Bonchev–Trinajstić information content (AvgIpc) is 2.80. The van der Waals surface area contributed by atoms with Gasteiger partial charge in [-0.15, -0.1) is 0 Å². The molecular weight excluding hydrogens is 364 g/mol. The Bertz CT molecular complexity index is 905. The predicted octanol–water partition coefficient (Wildman–Crippen LogP) is 3.84. The Morgan fingerprint density at radius 2 is 1.61 bits per heavy atom. The topological polar surface area (TPSA) is 113 Å². The van der Waals surface area contributed by atoms with E-state index in [0.717, 1.165) is 38.2 Å². The Labute approximate surface area is 163 Å². The molecule has 7 heteroatoms. The fourth-order valence-electron chi connectivity index (χ4n) is 2.96. The van der Waals surface area contributed by atoms with E-state index in [0.29, 0.717) is 0 Å². The van der Waals surface area contributed by atoms with Gasteiger partial charge >= 0.3 is 5.97 Å². The molecule has 3 N–H and O–H groups in total. The monoisotopic (exact) mass is 390 g/mol. The quantitative estimate of drug-likeness (QED) is 0.339. The van der Waals surface area contributed by atoms with Crippen LogP contribution in [-0.4, -0.2) is 35.0 Å². The summed E-state index contributed by atoms with van der Waals surface area (Å²) >= 11 is 0. The molecule has 2 aromatic carbocycles. The maximum Gasteiger partial charge on any atom is 0.338 e. The second kappa shape index (κ2) is 9.82. The first-order chi connectivity index (χ1) is 13.4. The van der Waals surface area contributed by atoms with Crippen LogP contribution in [0.2, 0.25) is 0 Å². The van der Waals surface area contributed by atoms with Crippen LogP contribution in [0, 0.1) is 0 Å². The molecule has 0 aliphatic carbocycles. The minimum Gasteiger partial charge on any atom is -0.504 e. The number of esters is 1. The zero-order chi connectivity index (χ0) is 20.7. The minimum atomic E-state index is -0.874. The van der Waals surface area contributed by atoms with Gasteiger partial charge in [0.25, 0.3) is 0 Å². The predicted molar refractivity (Wildman–Crippen MR) is 105 cm³/mol. The number of aromatic hydroxyl groups is 3. The Morgan fingerprint density at radius 1 is 0.929 bits per heavy atom. The number of methoxy groups -OCH3 is 1. The lowest BCUT2D eigenvalue weighted by Crippen LogP contribution is -2.08. The number of carbonyl (C=O) groups excluding carboxylic acids is 1. The van der Waals surface area contributed by atoms with Crippen LogP contribution in [0.25, 0.3) is 10.8 Å². The normalized spacial score (nSPS) is 10.8. The summed E-state index contributed by atoms with van der Waals surface area (Å²) in [6.45, 7) is 2.38. The summed E-state index contributed by atoms with van der Waals surface area (Å²) in [5, 5.41) is 30.1. The van der Waals surface area contributed by atoms with E-state index < -0.39 is 28.6 Å². The van der Waals surface area contributed by atoms with Crippen molar-refractivity contribution < 1.29 is 29.6 Å². The lowest BCUT2D eigenvalue weighted by Gasteiger charge is -2.08. The molecule has 7 nitrogen and oxygen atoms in total. The van der Waals surface area contributed by atoms with E-state index in [2.05, 4.69) is 6.92 Å². The molecule has 0 amide bonds. The van der Waals surface area contributed by atoms with Crippen LogP contribution in [0.15, 0.2) is 23.0 Å². The van der Waals surface area contributed by atoms with E-state index in [9.17, 15) is 24.9 Å². The van der Waals surface area contributed by atoms with Crippen molar-refractivity contribution in [3.05, 3.63) is 34.0 Å². The van der Waals surface area contributed by atoms with E-state index >= 15 is 0 Å². The van der Waals surface area contributed by atoms with Crippen LogP contribution in [0.5, 0.6) is 23.0 Å². The van der Waals surface area contributed by atoms with Gasteiger partial charge < -0.3 is 24.8 Å². The van der Waals surface area contributed by atoms with Crippen molar-refractivity contribution in [3.8, 4) is 23.0 Å². The van der Waals surface area contributed by atoms with Crippen LogP contribution >= 0.6 is 0 Å². The molecule has 0 aromatic heterocycles. The summed E-state index contributed by atoms with van der Waals surface area (Å²) in [5.74, 6) is -2.85. The largest absolute Gasteiger partial charge is 0.504 e. The third-order valence-corrected chi connectivity index (χ3v) is 4.52. The molecule has 0 fully saturated rings. The lowest BCUT2D eigenvalue weighted by atomic mass is 10.1. The van der Waals surface area contributed by atoms with Gasteiger partial charge in [0.1, 0.15) is 0 Å². The number of phenolic OH excluding ortho intramolecular Hbond substituents is 2. The molecule has 0 bridgehead atoms. The number of benzene rings is 1. The summed E-state index contributed by atoms with van der Waals surface area (Å²) in [5.41, 5.74) is -0.935. The summed E-state index contributed by atoms with van der Waals surface area (Å²) in [6.07, 6.45) is 6.27. The van der Waals surface area contributed by atoms with Crippen LogP contribution < -0.4 is 10.2 Å². The zero-order valence-corrected chi connectivity index (χ0v) is 16.2. The Morgan fingerprint density at radius 3 is 2.29 bits per heavy atom. The molecule has 0 heterocycles. The SMILES string of the molecule is CCCCCCCCOC(=O)c1cc(=O)c(O)c2c(O)c(O)c(OC)cc2c1. The smallest absolute Gasteiger partial charge is 0.338 e. The third-order valence-electron chi connectivity index (χ3n) is 4.52. The number of phenols is 2. The molecule has 0 radical (unpaired) electrons. The molecule has 152 valence electrons. The van der Waals surface area contributed by atoms with Crippen LogP contribution in [0.4, 0.5) is 0 Å². The van der Waals surface area contributed by atoms with E-state index in [1.54, 1.807) is 0 Å². The van der Waals surface area contributed by atoms with Gasteiger partial charge in [-0.25, -0.2) is 4.79 Å². The molecule has 2 rings (SSSR count). The maximum absolute atomic E-state index is 12.3. The Balaban J connectivity index is 2.26. The van der Waals surface area contributed by atoms with E-state index in [-0.39, 0.29) is 28.7 Å². The Kier molecular flexibility index (Phi) is 7.49. The highest BCUT2D eigenvalue weighted by molar-refractivity contribution is 6.00. The maximum atomic E-state index is 12.3. The molecule has 0 aliphatic rings. The fourth-order valence-corrected chi connectivity index (χ4v) is 2.96. The Hall–Kier alpha value is -2.96. The van der Waals surface area contributed by atoms with Crippen LogP contribution in [-0.2, 0) is 4.74 Å². The van der Waals surface area contributed by atoms with Gasteiger partial charge in [-0.05, 0) is 23.9 Å². The van der Waals surface area contributed by atoms with Crippen molar-refractivity contribution in [2.75, 3.05) is 13.7 Å². The number of hydrogen-bond acceptors (Lipinski definition) is 7. The number of unbranched alkanes of at least 4 members (excludes halogenated alkanes) is 5. The van der Waals surface area contributed by atoms with Gasteiger partial charge in [0.2, 0.25) is 11.2 Å². The van der Waals surface area contributed by atoms with Crippen LogP contribution in [0.3, 0.4) is 0 Å². The van der Waals surface area contributed by atoms with Gasteiger partial charge in [0.15, 0.2) is 17.2 Å². The standard InChI is InChI=1S/C21H26O7/c1-3-4-5-6-7-8-9-28-21(26)14-10-13-12-16(27-2)19(24)20(25)17(13)18(23)15(22)11-14/h10-12,24-25H,3-9H2,1-2H3,(H,22,23).